The van der Waals surface area contributed by atoms with E-state index in [0.717, 1.165) is 62.2 Å². The van der Waals surface area contributed by atoms with Crippen molar-refractivity contribution in [3.63, 3.8) is 0 Å². The molecule has 0 radical (unpaired) electrons. The van der Waals surface area contributed by atoms with Crippen LogP contribution in [-0.4, -0.2) is 59.1 Å². The Labute approximate surface area is 167 Å². The summed E-state index contributed by atoms with van der Waals surface area (Å²) in [4.78, 5) is 2.48. The zero-order chi connectivity index (χ0) is 19.8. The Hall–Kier alpha value is -2.28. The first kappa shape index (κ1) is 20.5. The van der Waals surface area contributed by atoms with E-state index in [-0.39, 0.29) is 6.04 Å². The van der Waals surface area contributed by atoms with Gasteiger partial charge < -0.3 is 24.3 Å². The molecule has 0 spiro atoms. The third-order valence-electron chi connectivity index (χ3n) is 5.07. The first-order valence-corrected chi connectivity index (χ1v) is 9.62. The molecule has 1 aliphatic heterocycles. The second-order valence-corrected chi connectivity index (χ2v) is 6.79. The van der Waals surface area contributed by atoms with Gasteiger partial charge in [0.25, 0.3) is 0 Å². The van der Waals surface area contributed by atoms with Crippen LogP contribution < -0.4 is 19.5 Å². The van der Waals surface area contributed by atoms with E-state index in [9.17, 15) is 0 Å². The number of hydrogen-bond donors (Lipinski definition) is 1. The zero-order valence-electron chi connectivity index (χ0n) is 16.9. The van der Waals surface area contributed by atoms with Crippen LogP contribution >= 0.6 is 0 Å². The van der Waals surface area contributed by atoms with Crippen molar-refractivity contribution < 1.29 is 18.9 Å². The van der Waals surface area contributed by atoms with Crippen molar-refractivity contribution in [2.75, 3.05) is 54.2 Å². The van der Waals surface area contributed by atoms with Gasteiger partial charge in [-0.25, -0.2) is 0 Å². The molecule has 0 aliphatic carbocycles. The standard InChI is InChI=1S/C22H30N2O4/c1-25-19-6-4-18(5-7-19)22(24-8-10-28-11-9-24)16-23-15-17-12-20(26-2)14-21(13-17)27-3/h4-7,12-14,22-23H,8-11,15-16H2,1-3H3. The Bertz CT molecular complexity index is 708. The number of nitrogens with zero attached hydrogens (tertiary/aromatic N) is 1. The molecule has 1 aliphatic rings. The van der Waals surface area contributed by atoms with E-state index in [1.54, 1.807) is 21.3 Å². The molecule has 1 saturated heterocycles. The van der Waals surface area contributed by atoms with Gasteiger partial charge in [0.1, 0.15) is 17.2 Å². The van der Waals surface area contributed by atoms with Gasteiger partial charge in [-0.15, -0.1) is 0 Å². The normalized spacial score (nSPS) is 15.8. The fourth-order valence-corrected chi connectivity index (χ4v) is 3.49. The molecule has 2 aromatic rings. The van der Waals surface area contributed by atoms with Crippen LogP contribution in [0.25, 0.3) is 0 Å². The highest BCUT2D eigenvalue weighted by atomic mass is 16.5. The van der Waals surface area contributed by atoms with E-state index in [2.05, 4.69) is 22.3 Å². The molecule has 1 atom stereocenters. The molecule has 0 aromatic heterocycles. The van der Waals surface area contributed by atoms with Crippen LogP contribution in [0.2, 0.25) is 0 Å². The van der Waals surface area contributed by atoms with Crippen molar-refractivity contribution >= 4 is 0 Å². The molecule has 6 heteroatoms. The van der Waals surface area contributed by atoms with Crippen LogP contribution in [0.5, 0.6) is 17.2 Å². The number of benzene rings is 2. The lowest BCUT2D eigenvalue weighted by Crippen LogP contribution is -2.42. The number of hydrogen-bond acceptors (Lipinski definition) is 6. The number of morpholine rings is 1. The summed E-state index contributed by atoms with van der Waals surface area (Å²) in [6.45, 7) is 5.01. The van der Waals surface area contributed by atoms with E-state index in [1.165, 1.54) is 5.56 Å². The average molecular weight is 386 g/mol. The minimum atomic E-state index is 0.280. The maximum Gasteiger partial charge on any atom is 0.122 e. The smallest absolute Gasteiger partial charge is 0.122 e. The van der Waals surface area contributed by atoms with Gasteiger partial charge in [0.2, 0.25) is 0 Å². The number of methoxy groups -OCH3 is 3. The van der Waals surface area contributed by atoms with Gasteiger partial charge in [-0.2, -0.15) is 0 Å². The van der Waals surface area contributed by atoms with Gasteiger partial charge in [0.05, 0.1) is 34.5 Å². The van der Waals surface area contributed by atoms with E-state index < -0.39 is 0 Å². The lowest BCUT2D eigenvalue weighted by molar-refractivity contribution is 0.0161. The summed E-state index contributed by atoms with van der Waals surface area (Å²) in [5.41, 5.74) is 2.41. The Kier molecular flexibility index (Phi) is 7.54. The minimum absolute atomic E-state index is 0.280. The average Bonchev–Trinajstić information content (AvgIpc) is 2.77. The zero-order valence-corrected chi connectivity index (χ0v) is 16.9. The Morgan fingerprint density at radius 2 is 1.50 bits per heavy atom. The largest absolute Gasteiger partial charge is 0.497 e. The van der Waals surface area contributed by atoms with Crippen LogP contribution in [0, 0.1) is 0 Å². The molecule has 2 aromatic carbocycles. The molecular formula is C22H30N2O4. The first-order chi connectivity index (χ1) is 13.7. The summed E-state index contributed by atoms with van der Waals surface area (Å²) in [5, 5.41) is 3.60. The van der Waals surface area contributed by atoms with Crippen molar-refractivity contribution in [2.45, 2.75) is 12.6 Å². The van der Waals surface area contributed by atoms with Crippen LogP contribution in [0.1, 0.15) is 17.2 Å². The van der Waals surface area contributed by atoms with Gasteiger partial charge >= 0.3 is 0 Å². The molecule has 3 rings (SSSR count). The molecule has 1 N–H and O–H groups in total. The Balaban J connectivity index is 1.69. The molecule has 6 nitrogen and oxygen atoms in total. The monoisotopic (exact) mass is 386 g/mol. The summed E-state index contributed by atoms with van der Waals surface area (Å²) >= 11 is 0. The predicted octanol–water partition coefficient (Wildman–Crippen LogP) is 2.88. The van der Waals surface area contributed by atoms with E-state index in [1.807, 2.05) is 30.3 Å². The maximum absolute atomic E-state index is 5.54. The second-order valence-electron chi connectivity index (χ2n) is 6.79. The van der Waals surface area contributed by atoms with E-state index in [4.69, 9.17) is 18.9 Å². The lowest BCUT2D eigenvalue weighted by Gasteiger charge is -2.35. The van der Waals surface area contributed by atoms with E-state index >= 15 is 0 Å². The molecule has 0 bridgehead atoms. The highest BCUT2D eigenvalue weighted by Crippen LogP contribution is 2.25. The predicted molar refractivity (Wildman–Crippen MR) is 109 cm³/mol. The highest BCUT2D eigenvalue weighted by Gasteiger charge is 2.22. The van der Waals surface area contributed by atoms with Crippen molar-refractivity contribution in [3.8, 4) is 17.2 Å². The Morgan fingerprint density at radius 3 is 2.07 bits per heavy atom. The lowest BCUT2D eigenvalue weighted by atomic mass is 10.0. The third-order valence-corrected chi connectivity index (χ3v) is 5.07. The minimum Gasteiger partial charge on any atom is -0.497 e. The second kappa shape index (κ2) is 10.3. The topological polar surface area (TPSA) is 52.2 Å². The van der Waals surface area contributed by atoms with Crippen LogP contribution in [0.3, 0.4) is 0 Å². The van der Waals surface area contributed by atoms with Crippen LogP contribution in [-0.2, 0) is 11.3 Å². The van der Waals surface area contributed by atoms with Crippen LogP contribution in [0.4, 0.5) is 0 Å². The highest BCUT2D eigenvalue weighted by molar-refractivity contribution is 5.38. The molecule has 152 valence electrons. The van der Waals surface area contributed by atoms with E-state index in [0.29, 0.717) is 0 Å². The van der Waals surface area contributed by atoms with Gasteiger partial charge in [-0.3, -0.25) is 4.90 Å². The molecule has 1 fully saturated rings. The van der Waals surface area contributed by atoms with Crippen molar-refractivity contribution in [3.05, 3.63) is 53.6 Å². The molecule has 1 unspecified atom stereocenters. The quantitative estimate of drug-likeness (QED) is 0.715. The molecule has 0 saturated carbocycles. The molecule has 28 heavy (non-hydrogen) atoms. The summed E-state index contributed by atoms with van der Waals surface area (Å²) in [6.07, 6.45) is 0. The Morgan fingerprint density at radius 1 is 0.893 bits per heavy atom. The van der Waals surface area contributed by atoms with Gasteiger partial charge in [-0.1, -0.05) is 12.1 Å². The summed E-state index contributed by atoms with van der Waals surface area (Å²) in [5.74, 6) is 2.48. The summed E-state index contributed by atoms with van der Waals surface area (Å²) < 4.78 is 21.6. The maximum atomic E-state index is 5.54. The van der Waals surface area contributed by atoms with Crippen molar-refractivity contribution in [1.82, 2.24) is 10.2 Å². The summed E-state index contributed by atoms with van der Waals surface area (Å²) in [7, 11) is 5.03. The SMILES string of the molecule is COc1ccc(C(CNCc2cc(OC)cc(OC)c2)N2CCOCC2)cc1. The van der Waals surface area contributed by atoms with Gasteiger partial charge in [0.15, 0.2) is 0 Å². The van der Waals surface area contributed by atoms with Crippen LogP contribution in [0.15, 0.2) is 42.5 Å². The molecule has 1 heterocycles. The summed E-state index contributed by atoms with van der Waals surface area (Å²) in [6, 6.07) is 14.6. The third kappa shape index (κ3) is 5.38. The fourth-order valence-electron chi connectivity index (χ4n) is 3.49. The first-order valence-electron chi connectivity index (χ1n) is 9.62. The van der Waals surface area contributed by atoms with Gasteiger partial charge in [0, 0.05) is 38.3 Å². The molecule has 0 amide bonds. The van der Waals surface area contributed by atoms with Gasteiger partial charge in [-0.05, 0) is 35.4 Å². The molecular weight excluding hydrogens is 356 g/mol. The van der Waals surface area contributed by atoms with Crippen molar-refractivity contribution in [1.29, 1.82) is 0 Å². The fraction of sp³-hybridized carbons (Fsp3) is 0.455. The van der Waals surface area contributed by atoms with Crippen molar-refractivity contribution in [2.24, 2.45) is 0 Å². The number of ether oxygens (including phenoxy) is 4. The number of rotatable bonds is 9. The number of nitrogens with one attached hydrogen (secondary N) is 1.